The second-order valence-electron chi connectivity index (χ2n) is 7.61. The van der Waals surface area contributed by atoms with Gasteiger partial charge in [-0.3, -0.25) is 4.72 Å². The van der Waals surface area contributed by atoms with Crippen LogP contribution in [0.15, 0.2) is 29.3 Å². The van der Waals surface area contributed by atoms with Gasteiger partial charge in [-0.2, -0.15) is 0 Å². The van der Waals surface area contributed by atoms with Crippen LogP contribution < -0.4 is 15.4 Å². The molecule has 28 heavy (non-hydrogen) atoms. The summed E-state index contributed by atoms with van der Waals surface area (Å²) in [7, 11) is -3.34. The number of nitrogens with one attached hydrogen (secondary N) is 3. The average Bonchev–Trinajstić information content (AvgIpc) is 2.65. The lowest BCUT2D eigenvalue weighted by molar-refractivity contribution is 0.131. The van der Waals surface area contributed by atoms with Gasteiger partial charge in [-0.05, 0) is 43.2 Å². The number of aliphatic hydroxyl groups is 1. The molecule has 158 valence electrons. The SMILES string of the molecule is CCNC(=NCc1ccccc1NS(C)(=O)=O)NCC1(CCO)CCCCC1. The van der Waals surface area contributed by atoms with Gasteiger partial charge in [0, 0.05) is 19.7 Å². The molecule has 0 bridgehead atoms. The van der Waals surface area contributed by atoms with Crippen LogP contribution >= 0.6 is 0 Å². The largest absolute Gasteiger partial charge is 0.396 e. The van der Waals surface area contributed by atoms with Crippen LogP contribution in [0.5, 0.6) is 0 Å². The van der Waals surface area contributed by atoms with E-state index in [2.05, 4.69) is 20.3 Å². The number of anilines is 1. The van der Waals surface area contributed by atoms with Crippen molar-refractivity contribution in [1.29, 1.82) is 0 Å². The lowest BCUT2D eigenvalue weighted by Crippen LogP contribution is -2.45. The van der Waals surface area contributed by atoms with E-state index in [0.717, 1.165) is 44.2 Å². The van der Waals surface area contributed by atoms with E-state index in [1.54, 1.807) is 12.1 Å². The Kier molecular flexibility index (Phi) is 8.57. The highest BCUT2D eigenvalue weighted by molar-refractivity contribution is 7.92. The molecule has 0 spiro atoms. The van der Waals surface area contributed by atoms with Crippen molar-refractivity contribution in [3.05, 3.63) is 29.8 Å². The maximum atomic E-state index is 11.6. The van der Waals surface area contributed by atoms with E-state index in [1.807, 2.05) is 19.1 Å². The molecule has 2 rings (SSSR count). The van der Waals surface area contributed by atoms with Crippen LogP contribution in [0.1, 0.15) is 51.0 Å². The maximum Gasteiger partial charge on any atom is 0.229 e. The highest BCUT2D eigenvalue weighted by atomic mass is 32.2. The summed E-state index contributed by atoms with van der Waals surface area (Å²) in [5.41, 5.74) is 1.49. The van der Waals surface area contributed by atoms with Gasteiger partial charge in [-0.25, -0.2) is 13.4 Å². The van der Waals surface area contributed by atoms with Crippen molar-refractivity contribution in [3.63, 3.8) is 0 Å². The Balaban J connectivity index is 2.08. The van der Waals surface area contributed by atoms with Crippen LogP contribution in [-0.2, 0) is 16.6 Å². The summed E-state index contributed by atoms with van der Waals surface area (Å²) in [6.45, 7) is 4.10. The minimum atomic E-state index is -3.34. The molecule has 0 atom stereocenters. The third-order valence-electron chi connectivity index (χ3n) is 5.25. The number of aliphatic imine (C=N–C) groups is 1. The number of guanidine groups is 1. The van der Waals surface area contributed by atoms with Crippen molar-refractivity contribution in [1.82, 2.24) is 10.6 Å². The third kappa shape index (κ3) is 7.31. The molecular weight excluding hydrogens is 376 g/mol. The average molecular weight is 411 g/mol. The molecule has 0 heterocycles. The number of para-hydroxylation sites is 1. The molecule has 0 unspecified atom stereocenters. The summed E-state index contributed by atoms with van der Waals surface area (Å²) in [6, 6.07) is 7.28. The van der Waals surface area contributed by atoms with E-state index < -0.39 is 10.0 Å². The molecule has 0 saturated heterocycles. The molecule has 0 amide bonds. The van der Waals surface area contributed by atoms with Crippen LogP contribution in [0.2, 0.25) is 0 Å². The minimum Gasteiger partial charge on any atom is -0.396 e. The highest BCUT2D eigenvalue weighted by Crippen LogP contribution is 2.38. The summed E-state index contributed by atoms with van der Waals surface area (Å²) in [6.07, 6.45) is 7.89. The van der Waals surface area contributed by atoms with Crippen molar-refractivity contribution in [2.24, 2.45) is 10.4 Å². The number of hydrogen-bond acceptors (Lipinski definition) is 4. The smallest absolute Gasteiger partial charge is 0.229 e. The Labute approximate surface area is 169 Å². The summed E-state index contributed by atoms with van der Waals surface area (Å²) in [5, 5.41) is 16.2. The lowest BCUT2D eigenvalue weighted by atomic mass is 9.72. The number of sulfonamides is 1. The van der Waals surface area contributed by atoms with Gasteiger partial charge in [-0.15, -0.1) is 0 Å². The molecule has 7 nitrogen and oxygen atoms in total. The molecule has 1 saturated carbocycles. The molecule has 4 N–H and O–H groups in total. The first-order valence-electron chi connectivity index (χ1n) is 10.1. The second-order valence-corrected chi connectivity index (χ2v) is 9.36. The fraction of sp³-hybridized carbons (Fsp3) is 0.650. The van der Waals surface area contributed by atoms with Crippen LogP contribution in [0.25, 0.3) is 0 Å². The molecular formula is C20H34N4O3S. The first-order chi connectivity index (χ1) is 13.4. The van der Waals surface area contributed by atoms with Gasteiger partial charge >= 0.3 is 0 Å². The Hall–Kier alpha value is -1.80. The molecule has 1 aromatic rings. The molecule has 0 aliphatic heterocycles. The van der Waals surface area contributed by atoms with E-state index >= 15 is 0 Å². The van der Waals surface area contributed by atoms with Crippen LogP contribution in [0.4, 0.5) is 5.69 Å². The summed E-state index contributed by atoms with van der Waals surface area (Å²) in [4.78, 5) is 4.65. The van der Waals surface area contributed by atoms with E-state index in [1.165, 1.54) is 19.3 Å². The standard InChI is InChI=1S/C20H34N4O3S/c1-3-21-19(23-16-20(13-14-25)11-7-4-8-12-20)22-15-17-9-5-6-10-18(17)24-28(2,26)27/h5-6,9-10,24-25H,3-4,7-8,11-16H2,1-2H3,(H2,21,22,23). The molecule has 1 aliphatic rings. The Bertz CT molecular complexity index is 738. The first-order valence-corrected chi connectivity index (χ1v) is 12.0. The lowest BCUT2D eigenvalue weighted by Gasteiger charge is -2.37. The Morgan fingerprint density at radius 3 is 2.54 bits per heavy atom. The monoisotopic (exact) mass is 410 g/mol. The Morgan fingerprint density at radius 2 is 1.89 bits per heavy atom. The Morgan fingerprint density at radius 1 is 1.18 bits per heavy atom. The maximum absolute atomic E-state index is 11.6. The van der Waals surface area contributed by atoms with Crippen LogP contribution in [0.3, 0.4) is 0 Å². The zero-order valence-electron chi connectivity index (χ0n) is 17.0. The number of nitrogens with zero attached hydrogens (tertiary/aromatic N) is 1. The number of benzene rings is 1. The third-order valence-corrected chi connectivity index (χ3v) is 5.84. The van der Waals surface area contributed by atoms with Gasteiger partial charge in [0.25, 0.3) is 0 Å². The zero-order valence-corrected chi connectivity index (χ0v) is 17.8. The predicted molar refractivity (Wildman–Crippen MR) is 115 cm³/mol. The number of hydrogen-bond donors (Lipinski definition) is 4. The van der Waals surface area contributed by atoms with Gasteiger partial charge in [0.1, 0.15) is 0 Å². The van der Waals surface area contributed by atoms with Crippen molar-refractivity contribution in [2.45, 2.75) is 52.0 Å². The van der Waals surface area contributed by atoms with Gasteiger partial charge in [0.2, 0.25) is 10.0 Å². The topological polar surface area (TPSA) is 103 Å². The molecule has 1 aliphatic carbocycles. The van der Waals surface area contributed by atoms with Crippen LogP contribution in [0, 0.1) is 5.41 Å². The number of aliphatic hydroxyl groups excluding tert-OH is 1. The summed E-state index contributed by atoms with van der Waals surface area (Å²) < 4.78 is 25.7. The van der Waals surface area contributed by atoms with Crippen molar-refractivity contribution >= 4 is 21.7 Å². The van der Waals surface area contributed by atoms with Crippen molar-refractivity contribution < 1.29 is 13.5 Å². The molecule has 1 fully saturated rings. The quantitative estimate of drug-likeness (QED) is 0.370. The van der Waals surface area contributed by atoms with Gasteiger partial charge in [0.15, 0.2) is 5.96 Å². The zero-order chi connectivity index (χ0) is 20.5. The number of rotatable bonds is 9. The van der Waals surface area contributed by atoms with Crippen molar-refractivity contribution in [3.8, 4) is 0 Å². The molecule has 0 aromatic heterocycles. The summed E-state index contributed by atoms with van der Waals surface area (Å²) >= 11 is 0. The van der Waals surface area contributed by atoms with Crippen molar-refractivity contribution in [2.75, 3.05) is 30.7 Å². The predicted octanol–water partition coefficient (Wildman–Crippen LogP) is 2.45. The van der Waals surface area contributed by atoms with Crippen LogP contribution in [-0.4, -0.2) is 45.4 Å². The second kappa shape index (κ2) is 10.7. The molecule has 8 heteroatoms. The van der Waals surface area contributed by atoms with E-state index in [4.69, 9.17) is 0 Å². The summed E-state index contributed by atoms with van der Waals surface area (Å²) in [5.74, 6) is 0.708. The first kappa shape index (κ1) is 22.5. The fourth-order valence-corrected chi connectivity index (χ4v) is 4.39. The minimum absolute atomic E-state index is 0.124. The normalized spacial score (nSPS) is 17.2. The molecule has 1 aromatic carbocycles. The van der Waals surface area contributed by atoms with E-state index in [-0.39, 0.29) is 12.0 Å². The highest BCUT2D eigenvalue weighted by Gasteiger charge is 2.31. The van der Waals surface area contributed by atoms with Gasteiger partial charge in [-0.1, -0.05) is 37.5 Å². The van der Waals surface area contributed by atoms with E-state index in [9.17, 15) is 13.5 Å². The van der Waals surface area contributed by atoms with Gasteiger partial charge < -0.3 is 15.7 Å². The fourth-order valence-electron chi connectivity index (χ4n) is 3.79. The molecule has 0 radical (unpaired) electrons. The van der Waals surface area contributed by atoms with E-state index in [0.29, 0.717) is 18.2 Å². The van der Waals surface area contributed by atoms with Gasteiger partial charge in [0.05, 0.1) is 18.5 Å².